The highest BCUT2D eigenvalue weighted by atomic mass is 14.9. The third-order valence-corrected chi connectivity index (χ3v) is 3.76. The third kappa shape index (κ3) is 2.88. The monoisotopic (exact) mass is 252 g/mol. The number of fused-ring (bicyclic) bond motifs is 1. The largest absolute Gasteiger partial charge is 0.384 e. The van der Waals surface area contributed by atoms with E-state index in [4.69, 9.17) is 5.26 Å². The maximum Gasteiger partial charge on any atom is 0.0998 e. The lowest BCUT2D eigenvalue weighted by molar-refractivity contribution is 0.377. The van der Waals surface area contributed by atoms with E-state index >= 15 is 0 Å². The van der Waals surface area contributed by atoms with Gasteiger partial charge in [0.2, 0.25) is 0 Å². The maximum atomic E-state index is 9.15. The van der Waals surface area contributed by atoms with Gasteiger partial charge in [0.05, 0.1) is 11.6 Å². The third-order valence-electron chi connectivity index (χ3n) is 3.76. The Morgan fingerprint density at radius 3 is 2.42 bits per heavy atom. The summed E-state index contributed by atoms with van der Waals surface area (Å²) < 4.78 is 0. The van der Waals surface area contributed by atoms with Crippen molar-refractivity contribution in [3.8, 4) is 6.07 Å². The summed E-state index contributed by atoms with van der Waals surface area (Å²) in [6.07, 6.45) is 1.13. The van der Waals surface area contributed by atoms with E-state index in [1.165, 1.54) is 0 Å². The number of hydrogen-bond donors (Lipinski definition) is 1. The van der Waals surface area contributed by atoms with Crippen molar-refractivity contribution in [2.45, 2.75) is 27.2 Å². The molecule has 0 fully saturated rings. The van der Waals surface area contributed by atoms with Crippen molar-refractivity contribution in [2.24, 2.45) is 5.41 Å². The molecule has 0 aromatic heterocycles. The lowest BCUT2D eigenvalue weighted by Crippen LogP contribution is -2.22. The number of rotatable bonds is 4. The Balaban J connectivity index is 2.38. The molecule has 0 heterocycles. The summed E-state index contributed by atoms with van der Waals surface area (Å²) in [4.78, 5) is 0. The average molecular weight is 252 g/mol. The summed E-state index contributed by atoms with van der Waals surface area (Å²) in [6.45, 7) is 7.65. The van der Waals surface area contributed by atoms with Gasteiger partial charge in [-0.05, 0) is 24.0 Å². The van der Waals surface area contributed by atoms with Gasteiger partial charge < -0.3 is 5.32 Å². The molecule has 2 rings (SSSR count). The fourth-order valence-electron chi connectivity index (χ4n) is 2.01. The number of anilines is 1. The normalized spacial score (nSPS) is 11.3. The number of nitrogens with zero attached hydrogens (tertiary/aromatic N) is 1. The number of nitriles is 1. The first-order valence-corrected chi connectivity index (χ1v) is 6.73. The van der Waals surface area contributed by atoms with Crippen molar-refractivity contribution in [3.05, 3.63) is 42.0 Å². The van der Waals surface area contributed by atoms with Crippen molar-refractivity contribution in [2.75, 3.05) is 11.9 Å². The summed E-state index contributed by atoms with van der Waals surface area (Å²) in [7, 11) is 0. The number of benzene rings is 2. The van der Waals surface area contributed by atoms with Gasteiger partial charge in [0, 0.05) is 23.0 Å². The SMILES string of the molecule is CCC(C)(C)CNc1ccc(C#N)c2ccccc12. The van der Waals surface area contributed by atoms with Crippen LogP contribution in [0.2, 0.25) is 0 Å². The highest BCUT2D eigenvalue weighted by Gasteiger charge is 2.15. The Kier molecular flexibility index (Phi) is 3.76. The second kappa shape index (κ2) is 5.32. The van der Waals surface area contributed by atoms with Crippen LogP contribution in [-0.4, -0.2) is 6.54 Å². The zero-order chi connectivity index (χ0) is 13.9. The van der Waals surface area contributed by atoms with E-state index in [0.717, 1.165) is 35.0 Å². The Hall–Kier alpha value is -2.01. The van der Waals surface area contributed by atoms with Crippen LogP contribution in [-0.2, 0) is 0 Å². The highest BCUT2D eigenvalue weighted by molar-refractivity contribution is 5.97. The summed E-state index contributed by atoms with van der Waals surface area (Å²) >= 11 is 0. The van der Waals surface area contributed by atoms with Gasteiger partial charge in [0.1, 0.15) is 0 Å². The minimum atomic E-state index is 0.273. The van der Waals surface area contributed by atoms with Crippen LogP contribution < -0.4 is 5.32 Å². The molecule has 0 atom stereocenters. The van der Waals surface area contributed by atoms with Gasteiger partial charge in [-0.1, -0.05) is 45.0 Å². The van der Waals surface area contributed by atoms with E-state index in [2.05, 4.69) is 38.2 Å². The van der Waals surface area contributed by atoms with Gasteiger partial charge in [0.25, 0.3) is 0 Å². The molecule has 2 nitrogen and oxygen atoms in total. The molecule has 0 bridgehead atoms. The van der Waals surface area contributed by atoms with E-state index in [0.29, 0.717) is 0 Å². The molecular formula is C17H20N2. The van der Waals surface area contributed by atoms with Crippen molar-refractivity contribution in [1.82, 2.24) is 0 Å². The topological polar surface area (TPSA) is 35.8 Å². The quantitative estimate of drug-likeness (QED) is 0.865. The Morgan fingerprint density at radius 2 is 1.79 bits per heavy atom. The van der Waals surface area contributed by atoms with Gasteiger partial charge in [-0.3, -0.25) is 0 Å². The van der Waals surface area contributed by atoms with Crippen LogP contribution in [0.25, 0.3) is 10.8 Å². The second-order valence-corrected chi connectivity index (χ2v) is 5.69. The maximum absolute atomic E-state index is 9.15. The first-order chi connectivity index (χ1) is 9.07. The average Bonchev–Trinajstić information content (AvgIpc) is 2.44. The van der Waals surface area contributed by atoms with Gasteiger partial charge in [-0.15, -0.1) is 0 Å². The van der Waals surface area contributed by atoms with E-state index < -0.39 is 0 Å². The van der Waals surface area contributed by atoms with Crippen LogP contribution >= 0.6 is 0 Å². The summed E-state index contributed by atoms with van der Waals surface area (Å²) in [5, 5.41) is 14.8. The molecule has 0 saturated heterocycles. The van der Waals surface area contributed by atoms with Crippen LogP contribution in [0.3, 0.4) is 0 Å². The summed E-state index contributed by atoms with van der Waals surface area (Å²) in [5.41, 5.74) is 2.11. The first kappa shape index (κ1) is 13.4. The van der Waals surface area contributed by atoms with Crippen LogP contribution in [0.5, 0.6) is 0 Å². The fourth-order valence-corrected chi connectivity index (χ4v) is 2.01. The lowest BCUT2D eigenvalue weighted by atomic mass is 9.90. The van der Waals surface area contributed by atoms with Gasteiger partial charge in [0.15, 0.2) is 0 Å². The van der Waals surface area contributed by atoms with Crippen LogP contribution in [0, 0.1) is 16.7 Å². The van der Waals surface area contributed by atoms with E-state index in [1.54, 1.807) is 0 Å². The smallest absolute Gasteiger partial charge is 0.0998 e. The standard InChI is InChI=1S/C17H20N2/c1-4-17(2,3)12-19-16-10-9-13(11-18)14-7-5-6-8-15(14)16/h5-10,19H,4,12H2,1-3H3. The van der Waals surface area contributed by atoms with E-state index in [1.807, 2.05) is 30.3 Å². The Labute approximate surface area is 115 Å². The number of nitrogens with one attached hydrogen (secondary N) is 1. The molecule has 0 radical (unpaired) electrons. The molecule has 0 amide bonds. The molecule has 98 valence electrons. The molecule has 0 unspecified atom stereocenters. The summed E-state index contributed by atoms with van der Waals surface area (Å²) in [6, 6.07) is 14.2. The van der Waals surface area contributed by atoms with Crippen LogP contribution in [0.1, 0.15) is 32.8 Å². The van der Waals surface area contributed by atoms with E-state index in [-0.39, 0.29) is 5.41 Å². The minimum Gasteiger partial charge on any atom is -0.384 e. The molecule has 0 aliphatic carbocycles. The zero-order valence-electron chi connectivity index (χ0n) is 11.8. The Morgan fingerprint density at radius 1 is 1.11 bits per heavy atom. The van der Waals surface area contributed by atoms with Crippen molar-refractivity contribution >= 4 is 16.5 Å². The predicted octanol–water partition coefficient (Wildman–Crippen LogP) is 4.56. The lowest BCUT2D eigenvalue weighted by Gasteiger charge is -2.24. The summed E-state index contributed by atoms with van der Waals surface area (Å²) in [5.74, 6) is 0. The minimum absolute atomic E-state index is 0.273. The molecule has 2 heteroatoms. The van der Waals surface area contributed by atoms with Crippen LogP contribution in [0.4, 0.5) is 5.69 Å². The van der Waals surface area contributed by atoms with Crippen molar-refractivity contribution in [3.63, 3.8) is 0 Å². The molecule has 19 heavy (non-hydrogen) atoms. The molecule has 0 aliphatic heterocycles. The fraction of sp³-hybridized carbons (Fsp3) is 0.353. The zero-order valence-corrected chi connectivity index (χ0v) is 11.8. The number of hydrogen-bond acceptors (Lipinski definition) is 2. The first-order valence-electron chi connectivity index (χ1n) is 6.73. The van der Waals surface area contributed by atoms with Crippen LogP contribution in [0.15, 0.2) is 36.4 Å². The molecule has 2 aromatic rings. The molecule has 0 spiro atoms. The molecule has 0 aliphatic rings. The highest BCUT2D eigenvalue weighted by Crippen LogP contribution is 2.28. The van der Waals surface area contributed by atoms with Gasteiger partial charge >= 0.3 is 0 Å². The second-order valence-electron chi connectivity index (χ2n) is 5.69. The predicted molar refractivity (Wildman–Crippen MR) is 81.2 cm³/mol. The van der Waals surface area contributed by atoms with Gasteiger partial charge in [-0.2, -0.15) is 5.26 Å². The van der Waals surface area contributed by atoms with Crippen molar-refractivity contribution in [1.29, 1.82) is 5.26 Å². The Bertz CT molecular complexity index is 621. The van der Waals surface area contributed by atoms with E-state index in [9.17, 15) is 0 Å². The molecular weight excluding hydrogens is 232 g/mol. The molecule has 0 saturated carbocycles. The van der Waals surface area contributed by atoms with Crippen molar-refractivity contribution < 1.29 is 0 Å². The van der Waals surface area contributed by atoms with Gasteiger partial charge in [-0.25, -0.2) is 0 Å². The molecule has 1 N–H and O–H groups in total. The molecule has 2 aromatic carbocycles.